The van der Waals surface area contributed by atoms with Crippen molar-refractivity contribution in [3.63, 3.8) is 0 Å². The number of fused-ring (bicyclic) bond motifs is 1. The number of aryl methyl sites for hydroxylation is 2. The van der Waals surface area contributed by atoms with Gasteiger partial charge in [-0.1, -0.05) is 42.0 Å². The number of amides is 1. The van der Waals surface area contributed by atoms with Crippen LogP contribution in [0.4, 0.5) is 14.5 Å². The molecule has 1 N–H and O–H groups in total. The molecular formula is C24H18F2N2O. The average Bonchev–Trinajstić information content (AvgIpc) is 2.70. The normalized spacial score (nSPS) is 10.9. The molecule has 0 aliphatic heterocycles. The smallest absolute Gasteiger partial charge is 0.257 e. The lowest BCUT2D eigenvalue weighted by Gasteiger charge is -2.14. The van der Waals surface area contributed by atoms with Crippen molar-refractivity contribution in [1.82, 2.24) is 4.98 Å². The highest BCUT2D eigenvalue weighted by molar-refractivity contribution is 6.08. The first-order valence-corrected chi connectivity index (χ1v) is 9.16. The molecule has 4 rings (SSSR count). The molecule has 0 saturated carbocycles. The lowest BCUT2D eigenvalue weighted by atomic mass is 10.0. The van der Waals surface area contributed by atoms with E-state index in [9.17, 15) is 13.6 Å². The maximum absolute atomic E-state index is 14.6. The summed E-state index contributed by atoms with van der Waals surface area (Å²) in [4.78, 5) is 17.5. The van der Waals surface area contributed by atoms with Crippen molar-refractivity contribution < 1.29 is 13.6 Å². The summed E-state index contributed by atoms with van der Waals surface area (Å²) in [5.41, 5.74) is 3.51. The quantitative estimate of drug-likeness (QED) is 0.464. The van der Waals surface area contributed by atoms with Gasteiger partial charge in [-0.3, -0.25) is 9.78 Å². The van der Waals surface area contributed by atoms with Crippen molar-refractivity contribution in [1.29, 1.82) is 0 Å². The van der Waals surface area contributed by atoms with Crippen molar-refractivity contribution in [3.8, 4) is 11.1 Å². The predicted octanol–water partition coefficient (Wildman–Crippen LogP) is 6.05. The third kappa shape index (κ3) is 3.72. The molecule has 0 unspecified atom stereocenters. The van der Waals surface area contributed by atoms with Crippen LogP contribution >= 0.6 is 0 Å². The monoisotopic (exact) mass is 388 g/mol. The van der Waals surface area contributed by atoms with E-state index in [1.165, 1.54) is 6.07 Å². The van der Waals surface area contributed by atoms with Crippen molar-refractivity contribution in [2.45, 2.75) is 13.8 Å². The van der Waals surface area contributed by atoms with Gasteiger partial charge < -0.3 is 5.32 Å². The maximum Gasteiger partial charge on any atom is 0.257 e. The molecule has 0 atom stereocenters. The molecule has 0 aliphatic rings. The van der Waals surface area contributed by atoms with Crippen LogP contribution in [0.3, 0.4) is 0 Å². The molecule has 1 amide bonds. The topological polar surface area (TPSA) is 42.0 Å². The molecular weight excluding hydrogens is 370 g/mol. The zero-order valence-electron chi connectivity index (χ0n) is 16.0. The summed E-state index contributed by atoms with van der Waals surface area (Å²) in [5, 5.41) is 3.44. The summed E-state index contributed by atoms with van der Waals surface area (Å²) in [5.74, 6) is -2.04. The molecule has 0 bridgehead atoms. The summed E-state index contributed by atoms with van der Waals surface area (Å²) in [7, 11) is 0. The molecule has 1 heterocycles. The largest absolute Gasteiger partial charge is 0.319 e. The molecule has 144 valence electrons. The van der Waals surface area contributed by atoms with E-state index in [2.05, 4.69) is 10.3 Å². The summed E-state index contributed by atoms with van der Waals surface area (Å²) < 4.78 is 28.5. The first-order chi connectivity index (χ1) is 13.9. The van der Waals surface area contributed by atoms with E-state index in [-0.39, 0.29) is 11.3 Å². The molecule has 0 fully saturated rings. The lowest BCUT2D eigenvalue weighted by Crippen LogP contribution is -2.16. The number of halogens is 2. The summed E-state index contributed by atoms with van der Waals surface area (Å²) >= 11 is 0. The molecule has 0 radical (unpaired) electrons. The Labute approximate surface area is 167 Å². The summed E-state index contributed by atoms with van der Waals surface area (Å²) in [6, 6.07) is 18.3. The number of carbonyl (C=O) groups is 1. The van der Waals surface area contributed by atoms with Gasteiger partial charge in [-0.25, -0.2) is 8.78 Å². The molecule has 29 heavy (non-hydrogen) atoms. The van der Waals surface area contributed by atoms with Gasteiger partial charge in [0.1, 0.15) is 11.6 Å². The minimum Gasteiger partial charge on any atom is -0.319 e. The van der Waals surface area contributed by atoms with Crippen LogP contribution in [0.15, 0.2) is 66.7 Å². The average molecular weight is 388 g/mol. The number of rotatable bonds is 3. The van der Waals surface area contributed by atoms with E-state index in [1.54, 1.807) is 37.3 Å². The van der Waals surface area contributed by atoms with Gasteiger partial charge in [0.25, 0.3) is 5.91 Å². The number of hydrogen-bond acceptors (Lipinski definition) is 2. The van der Waals surface area contributed by atoms with Crippen LogP contribution in [0.25, 0.3) is 22.0 Å². The standard InChI is InChI=1S/C24H18F2N2O/c1-14-8-9-22-17(10-14)11-19(15(2)27-22)24(29)28-23-20(12-18(25)13-21(23)26)16-6-4-3-5-7-16/h3-13H,1-2H3,(H,28,29). The van der Waals surface area contributed by atoms with E-state index < -0.39 is 17.5 Å². The lowest BCUT2D eigenvalue weighted by molar-refractivity contribution is 0.102. The van der Waals surface area contributed by atoms with E-state index in [4.69, 9.17) is 0 Å². The van der Waals surface area contributed by atoms with Gasteiger partial charge in [-0.2, -0.15) is 0 Å². The molecule has 1 aromatic heterocycles. The number of pyridine rings is 1. The summed E-state index contributed by atoms with van der Waals surface area (Å²) in [6.07, 6.45) is 0. The molecule has 0 spiro atoms. The zero-order valence-corrected chi connectivity index (χ0v) is 16.0. The Kier molecular flexibility index (Phi) is 4.80. The third-order valence-corrected chi connectivity index (χ3v) is 4.78. The number of hydrogen-bond donors (Lipinski definition) is 1. The second-order valence-corrected chi connectivity index (χ2v) is 6.95. The Hall–Kier alpha value is -3.60. The number of anilines is 1. The van der Waals surface area contributed by atoms with E-state index in [0.717, 1.165) is 22.5 Å². The van der Waals surface area contributed by atoms with Crippen molar-refractivity contribution in [2.75, 3.05) is 5.32 Å². The molecule has 4 aromatic rings. The second kappa shape index (κ2) is 7.43. The highest BCUT2D eigenvalue weighted by atomic mass is 19.1. The molecule has 0 aliphatic carbocycles. The van der Waals surface area contributed by atoms with Gasteiger partial charge in [0, 0.05) is 17.0 Å². The predicted molar refractivity (Wildman–Crippen MR) is 111 cm³/mol. The van der Waals surface area contributed by atoms with E-state index >= 15 is 0 Å². The van der Waals surface area contributed by atoms with Crippen LogP contribution < -0.4 is 5.32 Å². The molecule has 5 heteroatoms. The Morgan fingerprint density at radius 2 is 1.69 bits per heavy atom. The number of aromatic nitrogens is 1. The molecule has 3 nitrogen and oxygen atoms in total. The van der Waals surface area contributed by atoms with Gasteiger partial charge in [0.2, 0.25) is 0 Å². The highest BCUT2D eigenvalue weighted by Crippen LogP contribution is 2.32. The van der Waals surface area contributed by atoms with Gasteiger partial charge in [0.15, 0.2) is 0 Å². The van der Waals surface area contributed by atoms with Crippen LogP contribution in [-0.4, -0.2) is 10.9 Å². The van der Waals surface area contributed by atoms with Crippen molar-refractivity contribution >= 4 is 22.5 Å². The summed E-state index contributed by atoms with van der Waals surface area (Å²) in [6.45, 7) is 3.69. The third-order valence-electron chi connectivity index (χ3n) is 4.78. The number of benzene rings is 3. The van der Waals surface area contributed by atoms with Crippen LogP contribution in [-0.2, 0) is 0 Å². The van der Waals surface area contributed by atoms with Crippen LogP contribution in [0, 0.1) is 25.5 Å². The molecule has 3 aromatic carbocycles. The zero-order chi connectivity index (χ0) is 20.5. The fourth-order valence-electron chi connectivity index (χ4n) is 3.35. The van der Waals surface area contributed by atoms with E-state index in [1.807, 2.05) is 31.2 Å². The first-order valence-electron chi connectivity index (χ1n) is 9.16. The number of nitrogens with one attached hydrogen (secondary N) is 1. The van der Waals surface area contributed by atoms with Crippen LogP contribution in [0.1, 0.15) is 21.6 Å². The fourth-order valence-corrected chi connectivity index (χ4v) is 3.35. The Balaban J connectivity index is 1.78. The maximum atomic E-state index is 14.6. The number of carbonyl (C=O) groups excluding carboxylic acids is 1. The van der Waals surface area contributed by atoms with Gasteiger partial charge in [0.05, 0.1) is 22.5 Å². The Bertz CT molecular complexity index is 1240. The van der Waals surface area contributed by atoms with Crippen LogP contribution in [0.5, 0.6) is 0 Å². The van der Waals surface area contributed by atoms with Gasteiger partial charge in [-0.15, -0.1) is 0 Å². The fraction of sp³-hybridized carbons (Fsp3) is 0.0833. The Morgan fingerprint density at radius 1 is 0.931 bits per heavy atom. The SMILES string of the molecule is Cc1ccc2nc(C)c(C(=O)Nc3c(F)cc(F)cc3-c3ccccc3)cc2c1. The van der Waals surface area contributed by atoms with Crippen molar-refractivity contribution in [3.05, 3.63) is 95.2 Å². The minimum absolute atomic E-state index is 0.0636. The first kappa shape index (κ1) is 18.7. The van der Waals surface area contributed by atoms with E-state index in [0.29, 0.717) is 16.8 Å². The number of nitrogens with zero attached hydrogens (tertiary/aromatic N) is 1. The molecule has 0 saturated heterocycles. The van der Waals surface area contributed by atoms with Crippen molar-refractivity contribution in [2.24, 2.45) is 0 Å². The minimum atomic E-state index is -0.834. The Morgan fingerprint density at radius 3 is 2.45 bits per heavy atom. The highest BCUT2D eigenvalue weighted by Gasteiger charge is 2.18. The second-order valence-electron chi connectivity index (χ2n) is 6.95. The van der Waals surface area contributed by atoms with Gasteiger partial charge in [-0.05, 0) is 43.7 Å². The van der Waals surface area contributed by atoms with Gasteiger partial charge >= 0.3 is 0 Å². The van der Waals surface area contributed by atoms with Crippen LogP contribution in [0.2, 0.25) is 0 Å².